The van der Waals surface area contributed by atoms with Crippen LogP contribution in [0.5, 0.6) is 0 Å². The maximum absolute atomic E-state index is 12.1. The van der Waals surface area contributed by atoms with Gasteiger partial charge in [-0.2, -0.15) is 0 Å². The zero-order valence-electron chi connectivity index (χ0n) is 11.7. The Morgan fingerprint density at radius 2 is 1.89 bits per heavy atom. The highest BCUT2D eigenvalue weighted by molar-refractivity contribution is 9.09. The van der Waals surface area contributed by atoms with Crippen LogP contribution in [0, 0.1) is 11.8 Å². The number of hydrogen-bond donors (Lipinski definition) is 1. The van der Waals surface area contributed by atoms with Crippen LogP contribution in [-0.4, -0.2) is 25.0 Å². The molecule has 1 fully saturated rings. The van der Waals surface area contributed by atoms with Crippen LogP contribution in [0.25, 0.3) is 0 Å². The summed E-state index contributed by atoms with van der Waals surface area (Å²) >= 11 is 3.49. The third-order valence-electron chi connectivity index (χ3n) is 3.82. The average Bonchev–Trinajstić information content (AvgIpc) is 2.30. The quantitative estimate of drug-likeness (QED) is 0.754. The summed E-state index contributed by atoms with van der Waals surface area (Å²) < 4.78 is 27.2. The SMILES string of the molecule is CC(C)CCS(=O)(=O)NC1(CBr)CCC(C)CC1. The molecule has 0 atom stereocenters. The van der Waals surface area contributed by atoms with Crippen molar-refractivity contribution in [3.8, 4) is 0 Å². The molecule has 0 unspecified atom stereocenters. The summed E-state index contributed by atoms with van der Waals surface area (Å²) in [7, 11) is -3.14. The molecule has 0 amide bonds. The molecule has 0 aliphatic heterocycles. The van der Waals surface area contributed by atoms with Crippen LogP contribution in [0.2, 0.25) is 0 Å². The second kappa shape index (κ2) is 6.71. The Kier molecular flexibility index (Phi) is 6.13. The summed E-state index contributed by atoms with van der Waals surface area (Å²) in [5.41, 5.74) is -0.248. The summed E-state index contributed by atoms with van der Waals surface area (Å²) in [4.78, 5) is 0. The summed E-state index contributed by atoms with van der Waals surface area (Å²) in [6.07, 6.45) is 4.83. The lowest BCUT2D eigenvalue weighted by Crippen LogP contribution is -2.52. The maximum Gasteiger partial charge on any atom is 0.212 e. The fourth-order valence-electron chi connectivity index (χ4n) is 2.35. The lowest BCUT2D eigenvalue weighted by atomic mass is 9.79. The minimum absolute atomic E-state index is 0.245. The molecule has 1 N–H and O–H groups in total. The zero-order valence-corrected chi connectivity index (χ0v) is 14.1. The third kappa shape index (κ3) is 5.17. The van der Waals surface area contributed by atoms with E-state index in [0.29, 0.717) is 11.2 Å². The second-order valence-corrected chi connectivity index (χ2v) is 8.60. The molecule has 1 rings (SSSR count). The standard InChI is InChI=1S/C13H26BrNO2S/c1-11(2)6-9-18(16,17)15-13(10-14)7-4-12(3)5-8-13/h11-12,15H,4-10H2,1-3H3. The van der Waals surface area contributed by atoms with Gasteiger partial charge in [0.2, 0.25) is 10.0 Å². The number of sulfonamides is 1. The van der Waals surface area contributed by atoms with E-state index >= 15 is 0 Å². The van der Waals surface area contributed by atoms with Gasteiger partial charge in [0.25, 0.3) is 0 Å². The van der Waals surface area contributed by atoms with Crippen LogP contribution < -0.4 is 4.72 Å². The Labute approximate surface area is 120 Å². The largest absolute Gasteiger partial charge is 0.212 e. The van der Waals surface area contributed by atoms with Gasteiger partial charge in [0, 0.05) is 10.9 Å². The van der Waals surface area contributed by atoms with Gasteiger partial charge in [-0.3, -0.25) is 0 Å². The molecule has 0 heterocycles. The van der Waals surface area contributed by atoms with Crippen molar-refractivity contribution in [3.05, 3.63) is 0 Å². The molecule has 0 saturated heterocycles. The number of halogens is 1. The molecule has 5 heteroatoms. The minimum atomic E-state index is -3.14. The predicted octanol–water partition coefficient (Wildman–Crippen LogP) is 3.30. The van der Waals surface area contributed by atoms with Gasteiger partial charge < -0.3 is 0 Å². The molecule has 1 aliphatic rings. The first kappa shape index (κ1) is 16.4. The number of hydrogen-bond acceptors (Lipinski definition) is 2. The van der Waals surface area contributed by atoms with Crippen LogP contribution in [-0.2, 0) is 10.0 Å². The Morgan fingerprint density at radius 3 is 2.33 bits per heavy atom. The normalized spacial score (nSPS) is 29.7. The fourth-order valence-corrected chi connectivity index (χ4v) is 5.06. The first-order valence-electron chi connectivity index (χ1n) is 6.86. The summed E-state index contributed by atoms with van der Waals surface area (Å²) in [6, 6.07) is 0. The number of alkyl halides is 1. The third-order valence-corrected chi connectivity index (χ3v) is 6.41. The summed E-state index contributed by atoms with van der Waals surface area (Å²) in [6.45, 7) is 6.35. The van der Waals surface area contributed by atoms with Crippen LogP contribution in [0.4, 0.5) is 0 Å². The Hall–Kier alpha value is 0.390. The van der Waals surface area contributed by atoms with E-state index in [4.69, 9.17) is 0 Å². The van der Waals surface area contributed by atoms with Crippen molar-refractivity contribution in [1.29, 1.82) is 0 Å². The summed E-state index contributed by atoms with van der Waals surface area (Å²) in [5.74, 6) is 1.39. The summed E-state index contributed by atoms with van der Waals surface area (Å²) in [5, 5.41) is 0.716. The van der Waals surface area contributed by atoms with E-state index in [1.807, 2.05) is 0 Å². The van der Waals surface area contributed by atoms with Gasteiger partial charge in [-0.05, 0) is 43.9 Å². The van der Waals surface area contributed by atoms with Crippen molar-refractivity contribution in [3.63, 3.8) is 0 Å². The zero-order chi connectivity index (χ0) is 13.8. The van der Waals surface area contributed by atoms with E-state index in [2.05, 4.69) is 41.4 Å². The van der Waals surface area contributed by atoms with Gasteiger partial charge in [0.05, 0.1) is 5.75 Å². The van der Waals surface area contributed by atoms with Crippen molar-refractivity contribution < 1.29 is 8.42 Å². The van der Waals surface area contributed by atoms with Crippen molar-refractivity contribution >= 4 is 26.0 Å². The fraction of sp³-hybridized carbons (Fsp3) is 1.00. The van der Waals surface area contributed by atoms with E-state index in [9.17, 15) is 8.42 Å². The highest BCUT2D eigenvalue weighted by atomic mass is 79.9. The molecule has 18 heavy (non-hydrogen) atoms. The lowest BCUT2D eigenvalue weighted by Gasteiger charge is -2.38. The molecule has 3 nitrogen and oxygen atoms in total. The van der Waals surface area contributed by atoms with Gasteiger partial charge in [-0.15, -0.1) is 0 Å². The van der Waals surface area contributed by atoms with Crippen molar-refractivity contribution in [2.24, 2.45) is 11.8 Å². The van der Waals surface area contributed by atoms with Crippen LogP contribution in [0.3, 0.4) is 0 Å². The highest BCUT2D eigenvalue weighted by Crippen LogP contribution is 2.33. The molecule has 0 radical (unpaired) electrons. The van der Waals surface area contributed by atoms with E-state index in [1.54, 1.807) is 0 Å². The van der Waals surface area contributed by atoms with Crippen molar-refractivity contribution in [1.82, 2.24) is 4.72 Å². The number of rotatable bonds is 6. The maximum atomic E-state index is 12.1. The molecule has 0 aromatic heterocycles. The second-order valence-electron chi connectivity index (χ2n) is 6.20. The molecular weight excluding hydrogens is 314 g/mol. The molecule has 1 aliphatic carbocycles. The smallest absolute Gasteiger partial charge is 0.212 e. The van der Waals surface area contributed by atoms with Gasteiger partial charge in [-0.25, -0.2) is 13.1 Å². The van der Waals surface area contributed by atoms with E-state index in [-0.39, 0.29) is 11.3 Å². The first-order chi connectivity index (χ1) is 8.29. The van der Waals surface area contributed by atoms with Crippen molar-refractivity contribution in [2.75, 3.05) is 11.1 Å². The van der Waals surface area contributed by atoms with E-state index in [1.165, 1.54) is 0 Å². The van der Waals surface area contributed by atoms with Gasteiger partial charge >= 0.3 is 0 Å². The Balaban J connectivity index is 2.62. The van der Waals surface area contributed by atoms with E-state index < -0.39 is 10.0 Å². The monoisotopic (exact) mass is 339 g/mol. The van der Waals surface area contributed by atoms with E-state index in [0.717, 1.165) is 38.0 Å². The Bertz CT molecular complexity index is 346. The van der Waals surface area contributed by atoms with Gasteiger partial charge in [-0.1, -0.05) is 36.7 Å². The first-order valence-corrected chi connectivity index (χ1v) is 9.63. The molecular formula is C13H26BrNO2S. The van der Waals surface area contributed by atoms with Crippen LogP contribution >= 0.6 is 15.9 Å². The van der Waals surface area contributed by atoms with Crippen molar-refractivity contribution in [2.45, 2.75) is 58.4 Å². The van der Waals surface area contributed by atoms with Crippen LogP contribution in [0.1, 0.15) is 52.9 Å². The molecule has 0 bridgehead atoms. The molecule has 0 aromatic carbocycles. The van der Waals surface area contributed by atoms with Crippen LogP contribution in [0.15, 0.2) is 0 Å². The number of nitrogens with one attached hydrogen (secondary N) is 1. The molecule has 108 valence electrons. The highest BCUT2D eigenvalue weighted by Gasteiger charge is 2.36. The lowest BCUT2D eigenvalue weighted by molar-refractivity contribution is 0.249. The van der Waals surface area contributed by atoms with Gasteiger partial charge in [0.1, 0.15) is 0 Å². The topological polar surface area (TPSA) is 46.2 Å². The minimum Gasteiger partial charge on any atom is -0.212 e. The molecule has 1 saturated carbocycles. The molecule has 0 spiro atoms. The Morgan fingerprint density at radius 1 is 1.33 bits per heavy atom. The molecule has 0 aromatic rings. The van der Waals surface area contributed by atoms with Gasteiger partial charge in [0.15, 0.2) is 0 Å². The predicted molar refractivity (Wildman–Crippen MR) is 80.5 cm³/mol. The average molecular weight is 340 g/mol.